The maximum absolute atomic E-state index is 11.7. The van der Waals surface area contributed by atoms with E-state index < -0.39 is 0 Å². The molecule has 2 N–H and O–H groups in total. The summed E-state index contributed by atoms with van der Waals surface area (Å²) in [5.41, 5.74) is 1.16. The van der Waals surface area contributed by atoms with Gasteiger partial charge in [0.05, 0.1) is 7.11 Å². The molecule has 5 heteroatoms. The van der Waals surface area contributed by atoms with E-state index in [4.69, 9.17) is 4.74 Å². The van der Waals surface area contributed by atoms with E-state index in [0.29, 0.717) is 12.5 Å². The summed E-state index contributed by atoms with van der Waals surface area (Å²) in [6.45, 7) is 1.90. The van der Waals surface area contributed by atoms with Gasteiger partial charge in [-0.05, 0) is 37.1 Å². The monoisotopic (exact) mass is 284 g/mol. The van der Waals surface area contributed by atoms with Gasteiger partial charge in [-0.25, -0.2) is 0 Å². The molecule has 1 saturated heterocycles. The smallest absolute Gasteiger partial charge is 0.220 e. The molecule has 1 fully saturated rings. The fraction of sp³-hybridized carbons (Fsp3) is 0.500. The van der Waals surface area contributed by atoms with Gasteiger partial charge in [0.15, 0.2) is 0 Å². The summed E-state index contributed by atoms with van der Waals surface area (Å²) >= 11 is 0. The quantitative estimate of drug-likeness (QED) is 0.862. The molecule has 0 bridgehead atoms. The van der Waals surface area contributed by atoms with Crippen LogP contribution in [0.3, 0.4) is 0 Å². The molecule has 0 aromatic heterocycles. The highest BCUT2D eigenvalue weighted by atomic mass is 35.5. The van der Waals surface area contributed by atoms with Crippen molar-refractivity contribution in [3.05, 3.63) is 29.8 Å². The van der Waals surface area contributed by atoms with Gasteiger partial charge in [-0.3, -0.25) is 4.79 Å². The van der Waals surface area contributed by atoms with Crippen molar-refractivity contribution in [1.29, 1.82) is 0 Å². The van der Waals surface area contributed by atoms with Gasteiger partial charge in [-0.2, -0.15) is 0 Å². The van der Waals surface area contributed by atoms with Crippen LogP contribution >= 0.6 is 12.4 Å². The first-order valence-corrected chi connectivity index (χ1v) is 6.41. The standard InChI is InChI=1S/C14H20N2O2.ClH/c1-18-13-5-2-11(3-6-13)4-7-14(17)16-12-8-9-15-10-12;/h2-3,5-6,12,15H,4,7-10H2,1H3,(H,16,17);1H. The Morgan fingerprint density at radius 1 is 1.42 bits per heavy atom. The lowest BCUT2D eigenvalue weighted by Gasteiger charge is -2.11. The van der Waals surface area contributed by atoms with Crippen LogP contribution in [0.5, 0.6) is 5.75 Å². The van der Waals surface area contributed by atoms with Crippen LogP contribution in [0.4, 0.5) is 0 Å². The van der Waals surface area contributed by atoms with Crippen LogP contribution in [0.25, 0.3) is 0 Å². The van der Waals surface area contributed by atoms with Gasteiger partial charge in [-0.15, -0.1) is 12.4 Å². The van der Waals surface area contributed by atoms with Crippen molar-refractivity contribution in [3.63, 3.8) is 0 Å². The number of ether oxygens (including phenoxy) is 1. The highest BCUT2D eigenvalue weighted by Crippen LogP contribution is 2.12. The van der Waals surface area contributed by atoms with Gasteiger partial charge in [0.2, 0.25) is 5.91 Å². The molecular weight excluding hydrogens is 264 g/mol. The zero-order valence-electron chi connectivity index (χ0n) is 11.1. The maximum atomic E-state index is 11.7. The molecule has 1 aliphatic rings. The Morgan fingerprint density at radius 2 is 2.16 bits per heavy atom. The SMILES string of the molecule is COc1ccc(CCC(=O)NC2CCNC2)cc1.Cl. The van der Waals surface area contributed by atoms with Gasteiger partial charge in [0.1, 0.15) is 5.75 Å². The first-order chi connectivity index (χ1) is 8.78. The van der Waals surface area contributed by atoms with E-state index in [9.17, 15) is 4.79 Å². The molecule has 1 amide bonds. The predicted octanol–water partition coefficient (Wildman–Crippen LogP) is 1.53. The van der Waals surface area contributed by atoms with Crippen LogP contribution in [0, 0.1) is 0 Å². The van der Waals surface area contributed by atoms with Gasteiger partial charge in [0.25, 0.3) is 0 Å². The molecule has 0 aliphatic carbocycles. The molecule has 0 radical (unpaired) electrons. The Bertz CT molecular complexity index is 389. The van der Waals surface area contributed by atoms with E-state index in [0.717, 1.165) is 37.2 Å². The summed E-state index contributed by atoms with van der Waals surface area (Å²) in [4.78, 5) is 11.7. The zero-order valence-corrected chi connectivity index (χ0v) is 12.0. The largest absolute Gasteiger partial charge is 0.497 e. The fourth-order valence-corrected chi connectivity index (χ4v) is 2.13. The number of hydrogen-bond acceptors (Lipinski definition) is 3. The Kier molecular flexibility index (Phi) is 6.67. The third kappa shape index (κ3) is 5.09. The van der Waals surface area contributed by atoms with Crippen molar-refractivity contribution in [2.45, 2.75) is 25.3 Å². The van der Waals surface area contributed by atoms with E-state index in [1.165, 1.54) is 0 Å². The molecule has 1 atom stereocenters. The van der Waals surface area contributed by atoms with Gasteiger partial charge in [-0.1, -0.05) is 12.1 Å². The molecule has 1 heterocycles. The number of carbonyl (C=O) groups excluding carboxylic acids is 1. The van der Waals surface area contributed by atoms with Gasteiger partial charge >= 0.3 is 0 Å². The first kappa shape index (κ1) is 15.8. The number of methoxy groups -OCH3 is 1. The number of benzene rings is 1. The first-order valence-electron chi connectivity index (χ1n) is 6.41. The second-order valence-corrected chi connectivity index (χ2v) is 4.61. The van der Waals surface area contributed by atoms with E-state index >= 15 is 0 Å². The fourth-order valence-electron chi connectivity index (χ4n) is 2.13. The van der Waals surface area contributed by atoms with E-state index in [-0.39, 0.29) is 18.3 Å². The summed E-state index contributed by atoms with van der Waals surface area (Å²) in [5.74, 6) is 0.986. The Morgan fingerprint density at radius 3 is 2.74 bits per heavy atom. The van der Waals surface area contributed by atoms with Crippen LogP contribution in [0.2, 0.25) is 0 Å². The molecule has 4 nitrogen and oxygen atoms in total. The maximum Gasteiger partial charge on any atom is 0.220 e. The minimum absolute atomic E-state index is 0. The van der Waals surface area contributed by atoms with E-state index in [1.54, 1.807) is 7.11 Å². The Balaban J connectivity index is 0.00000180. The lowest BCUT2D eigenvalue weighted by Crippen LogP contribution is -2.36. The second-order valence-electron chi connectivity index (χ2n) is 4.61. The highest BCUT2D eigenvalue weighted by Gasteiger charge is 2.16. The number of carbonyl (C=O) groups is 1. The summed E-state index contributed by atoms with van der Waals surface area (Å²) in [6, 6.07) is 8.17. The van der Waals surface area contributed by atoms with Gasteiger partial charge in [0, 0.05) is 19.0 Å². The molecule has 2 rings (SSSR count). The van der Waals surface area contributed by atoms with Crippen molar-refractivity contribution >= 4 is 18.3 Å². The number of nitrogens with one attached hydrogen (secondary N) is 2. The van der Waals surface area contributed by atoms with Crippen molar-refractivity contribution < 1.29 is 9.53 Å². The molecule has 1 aromatic rings. The summed E-state index contributed by atoms with van der Waals surface area (Å²) < 4.78 is 5.10. The Labute approximate surface area is 120 Å². The number of amides is 1. The van der Waals surface area contributed by atoms with E-state index in [1.807, 2.05) is 24.3 Å². The third-order valence-electron chi connectivity index (χ3n) is 3.23. The van der Waals surface area contributed by atoms with Crippen LogP contribution in [0.1, 0.15) is 18.4 Å². The topological polar surface area (TPSA) is 50.4 Å². The predicted molar refractivity (Wildman–Crippen MR) is 78.0 cm³/mol. The van der Waals surface area contributed by atoms with Crippen molar-refractivity contribution in [2.24, 2.45) is 0 Å². The summed E-state index contributed by atoms with van der Waals surface area (Å²) in [6.07, 6.45) is 2.35. The molecule has 1 unspecified atom stereocenters. The van der Waals surface area contributed by atoms with Gasteiger partial charge < -0.3 is 15.4 Å². The molecular formula is C14H21ClN2O2. The molecule has 19 heavy (non-hydrogen) atoms. The number of aryl methyl sites for hydroxylation is 1. The molecule has 106 valence electrons. The van der Waals surface area contributed by atoms with Crippen molar-refractivity contribution in [2.75, 3.05) is 20.2 Å². The zero-order chi connectivity index (χ0) is 12.8. The average molecular weight is 285 g/mol. The molecule has 1 aromatic carbocycles. The van der Waals surface area contributed by atoms with Crippen molar-refractivity contribution in [3.8, 4) is 5.75 Å². The Hall–Kier alpha value is -1.26. The van der Waals surface area contributed by atoms with Crippen LogP contribution in [-0.4, -0.2) is 32.1 Å². The highest BCUT2D eigenvalue weighted by molar-refractivity contribution is 5.85. The lowest BCUT2D eigenvalue weighted by atomic mass is 10.1. The van der Waals surface area contributed by atoms with Crippen LogP contribution in [-0.2, 0) is 11.2 Å². The number of hydrogen-bond donors (Lipinski definition) is 2. The van der Waals surface area contributed by atoms with E-state index in [2.05, 4.69) is 10.6 Å². The molecule has 0 saturated carbocycles. The number of halogens is 1. The van der Waals surface area contributed by atoms with Crippen molar-refractivity contribution in [1.82, 2.24) is 10.6 Å². The second kappa shape index (κ2) is 8.02. The lowest BCUT2D eigenvalue weighted by molar-refractivity contribution is -0.121. The normalized spacial score (nSPS) is 17.6. The number of rotatable bonds is 5. The summed E-state index contributed by atoms with van der Waals surface area (Å²) in [7, 11) is 1.65. The third-order valence-corrected chi connectivity index (χ3v) is 3.23. The van der Waals surface area contributed by atoms with Crippen LogP contribution in [0.15, 0.2) is 24.3 Å². The minimum Gasteiger partial charge on any atom is -0.497 e. The summed E-state index contributed by atoms with van der Waals surface area (Å²) in [5, 5.41) is 6.28. The van der Waals surface area contributed by atoms with Crippen LogP contribution < -0.4 is 15.4 Å². The average Bonchev–Trinajstić information content (AvgIpc) is 2.90. The minimum atomic E-state index is 0. The molecule has 0 spiro atoms. The molecule has 1 aliphatic heterocycles.